The van der Waals surface area contributed by atoms with E-state index in [-0.39, 0.29) is 5.91 Å². The van der Waals surface area contributed by atoms with Crippen LogP contribution in [0.4, 0.5) is 5.69 Å². The molecule has 114 valence electrons. The average Bonchev–Trinajstić information content (AvgIpc) is 2.55. The van der Waals surface area contributed by atoms with Crippen LogP contribution in [0, 0.1) is 6.92 Å². The first-order chi connectivity index (χ1) is 10.6. The minimum absolute atomic E-state index is 0.0422. The Hall–Kier alpha value is -2.49. The number of benzene rings is 2. The lowest BCUT2D eigenvalue weighted by atomic mass is 10.1. The summed E-state index contributed by atoms with van der Waals surface area (Å²) < 4.78 is 11.1. The number of anilines is 1. The summed E-state index contributed by atoms with van der Waals surface area (Å²) >= 11 is 0. The van der Waals surface area contributed by atoms with Gasteiger partial charge < -0.3 is 14.4 Å². The molecule has 1 aliphatic heterocycles. The van der Waals surface area contributed by atoms with Gasteiger partial charge in [0.1, 0.15) is 13.2 Å². The molecule has 4 heteroatoms. The van der Waals surface area contributed by atoms with E-state index in [1.54, 1.807) is 11.9 Å². The van der Waals surface area contributed by atoms with Crippen LogP contribution < -0.4 is 14.4 Å². The normalized spacial score (nSPS) is 12.8. The smallest absolute Gasteiger partial charge is 0.231 e. The molecule has 0 aliphatic carbocycles. The molecule has 0 spiro atoms. The van der Waals surface area contributed by atoms with Crippen LogP contribution in [-0.2, 0) is 11.2 Å². The van der Waals surface area contributed by atoms with Crippen LogP contribution in [-0.4, -0.2) is 26.2 Å². The Kier molecular flexibility index (Phi) is 4.00. The number of aryl methyl sites for hydroxylation is 1. The maximum absolute atomic E-state index is 12.4. The molecular formula is C18H19NO3. The van der Waals surface area contributed by atoms with E-state index in [0.717, 1.165) is 17.0 Å². The van der Waals surface area contributed by atoms with E-state index in [4.69, 9.17) is 9.47 Å². The fourth-order valence-corrected chi connectivity index (χ4v) is 2.38. The molecule has 1 amide bonds. The highest BCUT2D eigenvalue weighted by molar-refractivity contribution is 5.94. The molecule has 0 saturated heterocycles. The van der Waals surface area contributed by atoms with E-state index >= 15 is 0 Å². The molecule has 3 rings (SSSR count). The van der Waals surface area contributed by atoms with E-state index in [2.05, 4.69) is 0 Å². The molecule has 0 N–H and O–H groups in total. The van der Waals surface area contributed by atoms with Crippen LogP contribution in [0.3, 0.4) is 0 Å². The molecule has 2 aromatic rings. The average molecular weight is 297 g/mol. The molecule has 0 atom stereocenters. The van der Waals surface area contributed by atoms with Gasteiger partial charge in [-0.3, -0.25) is 4.79 Å². The molecule has 0 saturated carbocycles. The molecule has 0 radical (unpaired) electrons. The summed E-state index contributed by atoms with van der Waals surface area (Å²) in [7, 11) is 1.78. The van der Waals surface area contributed by atoms with Gasteiger partial charge in [-0.1, -0.05) is 29.8 Å². The van der Waals surface area contributed by atoms with E-state index < -0.39 is 0 Å². The lowest BCUT2D eigenvalue weighted by Gasteiger charge is -2.22. The predicted octanol–water partition coefficient (Wildman–Crippen LogP) is 2.97. The highest BCUT2D eigenvalue weighted by Gasteiger charge is 2.16. The van der Waals surface area contributed by atoms with Crippen molar-refractivity contribution in [2.75, 3.05) is 25.2 Å². The highest BCUT2D eigenvalue weighted by atomic mass is 16.6. The van der Waals surface area contributed by atoms with Crippen molar-refractivity contribution in [3.63, 3.8) is 0 Å². The zero-order valence-corrected chi connectivity index (χ0v) is 12.8. The van der Waals surface area contributed by atoms with Crippen LogP contribution >= 0.6 is 0 Å². The molecule has 1 aliphatic rings. The second-order valence-corrected chi connectivity index (χ2v) is 5.44. The van der Waals surface area contributed by atoms with Crippen LogP contribution in [0.1, 0.15) is 11.1 Å². The van der Waals surface area contributed by atoms with Gasteiger partial charge in [0.2, 0.25) is 5.91 Å². The van der Waals surface area contributed by atoms with Crippen molar-refractivity contribution in [3.8, 4) is 11.5 Å². The number of ether oxygens (including phenoxy) is 2. The maximum Gasteiger partial charge on any atom is 0.231 e. The number of amides is 1. The molecule has 4 nitrogen and oxygen atoms in total. The maximum atomic E-state index is 12.4. The number of hydrogen-bond acceptors (Lipinski definition) is 3. The lowest BCUT2D eigenvalue weighted by Crippen LogP contribution is -2.28. The van der Waals surface area contributed by atoms with Crippen molar-refractivity contribution in [1.82, 2.24) is 0 Å². The molecular weight excluding hydrogens is 278 g/mol. The summed E-state index contributed by atoms with van der Waals surface area (Å²) in [5.41, 5.74) is 3.01. The van der Waals surface area contributed by atoms with Gasteiger partial charge in [0.25, 0.3) is 0 Å². The van der Waals surface area contributed by atoms with Crippen molar-refractivity contribution in [2.45, 2.75) is 13.3 Å². The van der Waals surface area contributed by atoms with Crippen LogP contribution in [0.15, 0.2) is 42.5 Å². The Bertz CT molecular complexity index is 679. The van der Waals surface area contributed by atoms with Crippen LogP contribution in [0.5, 0.6) is 11.5 Å². The standard InChI is InChI=1S/C18H19NO3/c1-13-3-5-14(6-4-13)11-18(20)19(2)15-7-8-16-17(12-15)22-10-9-21-16/h3-8,12H,9-11H2,1-2H3. The number of carbonyl (C=O) groups excluding carboxylic acids is 1. The Morgan fingerprint density at radius 2 is 1.73 bits per heavy atom. The van der Waals surface area contributed by atoms with Crippen molar-refractivity contribution >= 4 is 11.6 Å². The summed E-state index contributed by atoms with van der Waals surface area (Å²) in [6.45, 7) is 3.14. The minimum Gasteiger partial charge on any atom is -0.486 e. The molecule has 0 aromatic heterocycles. The summed E-state index contributed by atoms with van der Waals surface area (Å²) in [6, 6.07) is 13.6. The number of carbonyl (C=O) groups is 1. The molecule has 22 heavy (non-hydrogen) atoms. The summed E-state index contributed by atoms with van der Waals surface area (Å²) in [6.07, 6.45) is 0.380. The Balaban J connectivity index is 1.73. The van der Waals surface area contributed by atoms with Crippen molar-refractivity contribution in [1.29, 1.82) is 0 Å². The van der Waals surface area contributed by atoms with E-state index in [0.29, 0.717) is 25.4 Å². The van der Waals surface area contributed by atoms with Gasteiger partial charge in [-0.05, 0) is 24.6 Å². The molecule has 1 heterocycles. The highest BCUT2D eigenvalue weighted by Crippen LogP contribution is 2.33. The largest absolute Gasteiger partial charge is 0.486 e. The molecule has 0 fully saturated rings. The number of rotatable bonds is 3. The number of nitrogens with zero attached hydrogens (tertiary/aromatic N) is 1. The van der Waals surface area contributed by atoms with E-state index in [9.17, 15) is 4.79 Å². The Morgan fingerprint density at radius 3 is 2.45 bits per heavy atom. The third-order valence-electron chi connectivity index (χ3n) is 3.76. The first-order valence-electron chi connectivity index (χ1n) is 7.35. The summed E-state index contributed by atoms with van der Waals surface area (Å²) in [5, 5.41) is 0. The second-order valence-electron chi connectivity index (χ2n) is 5.44. The Labute approximate surface area is 130 Å². The van der Waals surface area contributed by atoms with Crippen molar-refractivity contribution in [3.05, 3.63) is 53.6 Å². The van der Waals surface area contributed by atoms with Gasteiger partial charge >= 0.3 is 0 Å². The fraction of sp³-hybridized carbons (Fsp3) is 0.278. The SMILES string of the molecule is Cc1ccc(CC(=O)N(C)c2ccc3c(c2)OCCO3)cc1. The van der Waals surface area contributed by atoms with Crippen molar-refractivity contribution in [2.24, 2.45) is 0 Å². The number of hydrogen-bond donors (Lipinski definition) is 0. The topological polar surface area (TPSA) is 38.8 Å². The first-order valence-corrected chi connectivity index (χ1v) is 7.35. The van der Waals surface area contributed by atoms with Crippen molar-refractivity contribution < 1.29 is 14.3 Å². The molecule has 0 bridgehead atoms. The molecule has 0 unspecified atom stereocenters. The van der Waals surface area contributed by atoms with Gasteiger partial charge in [-0.25, -0.2) is 0 Å². The first kappa shape index (κ1) is 14.4. The third kappa shape index (κ3) is 3.06. The summed E-state index contributed by atoms with van der Waals surface area (Å²) in [5.74, 6) is 1.47. The van der Waals surface area contributed by atoms with Gasteiger partial charge in [0, 0.05) is 18.8 Å². The van der Waals surface area contributed by atoms with E-state index in [1.807, 2.05) is 49.4 Å². The monoisotopic (exact) mass is 297 g/mol. The predicted molar refractivity (Wildman–Crippen MR) is 85.7 cm³/mol. The Morgan fingerprint density at radius 1 is 1.05 bits per heavy atom. The van der Waals surface area contributed by atoms with Gasteiger partial charge in [0.15, 0.2) is 11.5 Å². The van der Waals surface area contributed by atoms with Crippen LogP contribution in [0.25, 0.3) is 0 Å². The third-order valence-corrected chi connectivity index (χ3v) is 3.76. The second kappa shape index (κ2) is 6.10. The van der Waals surface area contributed by atoms with Crippen LogP contribution in [0.2, 0.25) is 0 Å². The zero-order chi connectivity index (χ0) is 15.5. The summed E-state index contributed by atoms with van der Waals surface area (Å²) in [4.78, 5) is 14.1. The van der Waals surface area contributed by atoms with E-state index in [1.165, 1.54) is 5.56 Å². The zero-order valence-electron chi connectivity index (χ0n) is 12.8. The quantitative estimate of drug-likeness (QED) is 0.874. The van der Waals surface area contributed by atoms with Gasteiger partial charge in [-0.2, -0.15) is 0 Å². The van der Waals surface area contributed by atoms with Gasteiger partial charge in [0.05, 0.1) is 6.42 Å². The fourth-order valence-electron chi connectivity index (χ4n) is 2.38. The molecule has 2 aromatic carbocycles. The lowest BCUT2D eigenvalue weighted by molar-refractivity contribution is -0.117. The number of likely N-dealkylation sites (N-methyl/N-ethyl adjacent to an activating group) is 1. The number of fused-ring (bicyclic) bond motifs is 1. The van der Waals surface area contributed by atoms with Gasteiger partial charge in [-0.15, -0.1) is 0 Å². The minimum atomic E-state index is 0.0422.